The molecule has 4 nitrogen and oxygen atoms in total. The lowest BCUT2D eigenvalue weighted by Crippen LogP contribution is -2.11. The van der Waals surface area contributed by atoms with Gasteiger partial charge in [0.05, 0.1) is 19.8 Å². The Hall–Kier alpha value is -2.51. The van der Waals surface area contributed by atoms with Crippen molar-refractivity contribution < 1.29 is 9.47 Å². The average molecular weight is 282 g/mol. The number of nitriles is 1. The predicted molar refractivity (Wildman–Crippen MR) is 82.1 cm³/mol. The minimum atomic E-state index is -0.441. The molecule has 0 amide bonds. The highest BCUT2D eigenvalue weighted by atomic mass is 16.5. The van der Waals surface area contributed by atoms with Crippen molar-refractivity contribution in [1.82, 2.24) is 0 Å². The first-order chi connectivity index (χ1) is 10.3. The van der Waals surface area contributed by atoms with Crippen LogP contribution >= 0.6 is 0 Å². The third-order valence-corrected chi connectivity index (χ3v) is 3.18. The van der Waals surface area contributed by atoms with Gasteiger partial charge < -0.3 is 14.8 Å². The number of benzene rings is 2. The fourth-order valence-corrected chi connectivity index (χ4v) is 2.16. The molecule has 0 fully saturated rings. The van der Waals surface area contributed by atoms with Gasteiger partial charge in [0.25, 0.3) is 0 Å². The Balaban J connectivity index is 2.26. The number of nitrogens with zero attached hydrogens (tertiary/aromatic N) is 1. The van der Waals surface area contributed by atoms with Gasteiger partial charge in [0.15, 0.2) is 0 Å². The van der Waals surface area contributed by atoms with Crippen molar-refractivity contribution in [3.8, 4) is 11.8 Å². The molecule has 0 saturated carbocycles. The van der Waals surface area contributed by atoms with Crippen molar-refractivity contribution >= 4 is 5.69 Å². The molecule has 0 spiro atoms. The smallest absolute Gasteiger partial charge is 0.140 e. The van der Waals surface area contributed by atoms with Crippen LogP contribution in [0.3, 0.4) is 0 Å². The molecule has 0 aliphatic carbocycles. The predicted octanol–water partition coefficient (Wildman–Crippen LogP) is 3.52. The third-order valence-electron chi connectivity index (χ3n) is 3.18. The first-order valence-electron chi connectivity index (χ1n) is 6.65. The number of anilines is 1. The zero-order chi connectivity index (χ0) is 15.1. The van der Waals surface area contributed by atoms with E-state index in [1.165, 1.54) is 0 Å². The zero-order valence-corrected chi connectivity index (χ0v) is 12.2. The molecule has 1 atom stereocenters. The third kappa shape index (κ3) is 3.74. The van der Waals surface area contributed by atoms with Crippen molar-refractivity contribution in [2.75, 3.05) is 19.5 Å². The number of methoxy groups -OCH3 is 2. The van der Waals surface area contributed by atoms with Gasteiger partial charge in [0, 0.05) is 18.9 Å². The van der Waals surface area contributed by atoms with E-state index in [-0.39, 0.29) is 0 Å². The zero-order valence-electron chi connectivity index (χ0n) is 12.2. The molecule has 0 saturated heterocycles. The largest absolute Gasteiger partial charge is 0.497 e. The van der Waals surface area contributed by atoms with E-state index in [1.807, 2.05) is 48.5 Å². The maximum absolute atomic E-state index is 9.48. The van der Waals surface area contributed by atoms with E-state index in [0.717, 1.165) is 22.6 Å². The summed E-state index contributed by atoms with van der Waals surface area (Å²) >= 11 is 0. The van der Waals surface area contributed by atoms with Gasteiger partial charge in [0.1, 0.15) is 11.8 Å². The highest BCUT2D eigenvalue weighted by Crippen LogP contribution is 2.25. The molecule has 1 N–H and O–H groups in total. The van der Waals surface area contributed by atoms with Gasteiger partial charge in [-0.2, -0.15) is 5.26 Å². The molecular formula is C17H18N2O2. The molecular weight excluding hydrogens is 264 g/mol. The Bertz CT molecular complexity index is 635. The van der Waals surface area contributed by atoms with Crippen molar-refractivity contribution in [2.45, 2.75) is 12.6 Å². The second-order valence-electron chi connectivity index (χ2n) is 4.57. The first-order valence-corrected chi connectivity index (χ1v) is 6.65. The van der Waals surface area contributed by atoms with Crippen molar-refractivity contribution in [2.24, 2.45) is 0 Å². The molecule has 0 bridgehead atoms. The van der Waals surface area contributed by atoms with Crippen LogP contribution in [0.2, 0.25) is 0 Å². The van der Waals surface area contributed by atoms with Gasteiger partial charge in [0.2, 0.25) is 0 Å². The van der Waals surface area contributed by atoms with Crippen LogP contribution in [0.1, 0.15) is 17.2 Å². The molecule has 21 heavy (non-hydrogen) atoms. The molecule has 1 unspecified atom stereocenters. The van der Waals surface area contributed by atoms with Crippen LogP contribution in [-0.4, -0.2) is 14.2 Å². The molecule has 108 valence electrons. The average Bonchev–Trinajstić information content (AvgIpc) is 2.54. The van der Waals surface area contributed by atoms with Crippen LogP contribution in [-0.2, 0) is 11.3 Å². The van der Waals surface area contributed by atoms with Crippen LogP contribution in [0, 0.1) is 11.3 Å². The molecule has 0 heterocycles. The van der Waals surface area contributed by atoms with E-state index < -0.39 is 6.04 Å². The van der Waals surface area contributed by atoms with Crippen LogP contribution in [0.5, 0.6) is 5.75 Å². The van der Waals surface area contributed by atoms with E-state index in [9.17, 15) is 5.26 Å². The Kier molecular flexibility index (Phi) is 5.19. The summed E-state index contributed by atoms with van der Waals surface area (Å²) in [4.78, 5) is 0. The number of rotatable bonds is 6. The summed E-state index contributed by atoms with van der Waals surface area (Å²) in [6, 6.07) is 17.2. The maximum atomic E-state index is 9.48. The van der Waals surface area contributed by atoms with Gasteiger partial charge >= 0.3 is 0 Å². The first kappa shape index (κ1) is 14.9. The molecule has 2 aromatic rings. The molecule has 2 aromatic carbocycles. The second kappa shape index (κ2) is 7.32. The minimum Gasteiger partial charge on any atom is -0.497 e. The fourth-order valence-electron chi connectivity index (χ4n) is 2.16. The van der Waals surface area contributed by atoms with E-state index in [0.29, 0.717) is 6.61 Å². The maximum Gasteiger partial charge on any atom is 0.140 e. The summed E-state index contributed by atoms with van der Waals surface area (Å²) in [5.41, 5.74) is 2.76. The molecule has 2 rings (SSSR count). The molecule has 0 aromatic heterocycles. The van der Waals surface area contributed by atoms with Gasteiger partial charge in [-0.1, -0.05) is 30.3 Å². The number of hydrogen-bond donors (Lipinski definition) is 1. The summed E-state index contributed by atoms with van der Waals surface area (Å²) in [6.07, 6.45) is 0. The van der Waals surface area contributed by atoms with Crippen molar-refractivity contribution in [3.63, 3.8) is 0 Å². The van der Waals surface area contributed by atoms with Crippen LogP contribution in [0.25, 0.3) is 0 Å². The summed E-state index contributed by atoms with van der Waals surface area (Å²) < 4.78 is 10.4. The van der Waals surface area contributed by atoms with Gasteiger partial charge in [-0.05, 0) is 23.3 Å². The van der Waals surface area contributed by atoms with E-state index in [1.54, 1.807) is 14.2 Å². The van der Waals surface area contributed by atoms with E-state index in [2.05, 4.69) is 11.4 Å². The molecule has 0 radical (unpaired) electrons. The highest BCUT2D eigenvalue weighted by molar-refractivity contribution is 5.52. The second-order valence-corrected chi connectivity index (χ2v) is 4.57. The van der Waals surface area contributed by atoms with E-state index >= 15 is 0 Å². The monoisotopic (exact) mass is 282 g/mol. The summed E-state index contributed by atoms with van der Waals surface area (Å²) in [6.45, 7) is 0.480. The number of nitrogens with one attached hydrogen (secondary N) is 1. The van der Waals surface area contributed by atoms with Crippen LogP contribution in [0.15, 0.2) is 48.5 Å². The molecule has 4 heteroatoms. The number of hydrogen-bond acceptors (Lipinski definition) is 4. The summed E-state index contributed by atoms with van der Waals surface area (Å²) in [5, 5.41) is 12.7. The highest BCUT2D eigenvalue weighted by Gasteiger charge is 2.14. The molecule has 0 aliphatic rings. The Morgan fingerprint density at radius 3 is 2.67 bits per heavy atom. The van der Waals surface area contributed by atoms with Crippen molar-refractivity contribution in [1.29, 1.82) is 5.26 Å². The standard InChI is InChI=1S/C17H18N2O2/c1-20-12-13-6-3-4-9-16(13)17(11-18)19-14-7-5-8-15(10-14)21-2/h3-10,17,19H,12H2,1-2H3. The van der Waals surface area contributed by atoms with Crippen molar-refractivity contribution in [3.05, 3.63) is 59.7 Å². The summed E-state index contributed by atoms with van der Waals surface area (Å²) in [7, 11) is 3.27. The molecule has 0 aliphatic heterocycles. The van der Waals surface area contributed by atoms with E-state index in [4.69, 9.17) is 9.47 Å². The van der Waals surface area contributed by atoms with Crippen LogP contribution < -0.4 is 10.1 Å². The minimum absolute atomic E-state index is 0.441. The Morgan fingerprint density at radius 1 is 1.14 bits per heavy atom. The van der Waals surface area contributed by atoms with Crippen LogP contribution in [0.4, 0.5) is 5.69 Å². The number of ether oxygens (including phenoxy) is 2. The SMILES string of the molecule is COCc1ccccc1C(C#N)Nc1cccc(OC)c1. The lowest BCUT2D eigenvalue weighted by atomic mass is 10.0. The normalized spacial score (nSPS) is 11.5. The lowest BCUT2D eigenvalue weighted by Gasteiger charge is -2.17. The van der Waals surface area contributed by atoms with Gasteiger partial charge in [-0.25, -0.2) is 0 Å². The quantitative estimate of drug-likeness (QED) is 0.880. The Morgan fingerprint density at radius 2 is 1.95 bits per heavy atom. The van der Waals surface area contributed by atoms with Gasteiger partial charge in [-0.15, -0.1) is 0 Å². The van der Waals surface area contributed by atoms with Gasteiger partial charge in [-0.3, -0.25) is 0 Å². The Labute approximate surface area is 124 Å². The summed E-state index contributed by atoms with van der Waals surface area (Å²) in [5.74, 6) is 0.752. The fraction of sp³-hybridized carbons (Fsp3) is 0.235. The lowest BCUT2D eigenvalue weighted by molar-refractivity contribution is 0.184. The topological polar surface area (TPSA) is 54.3 Å².